The fourth-order valence-electron chi connectivity index (χ4n) is 3.11. The van der Waals surface area contributed by atoms with Crippen LogP contribution in [0.15, 0.2) is 65.6 Å². The van der Waals surface area contributed by atoms with Crippen LogP contribution >= 0.6 is 0 Å². The lowest BCUT2D eigenvalue weighted by Gasteiger charge is -2.22. The second kappa shape index (κ2) is 7.98. The molecule has 3 rings (SSSR count). The van der Waals surface area contributed by atoms with Gasteiger partial charge in [0.2, 0.25) is 0 Å². The van der Waals surface area contributed by atoms with Crippen molar-refractivity contribution in [3.63, 3.8) is 0 Å². The molecular weight excluding hydrogens is 378 g/mol. The minimum atomic E-state index is -4.04. The van der Waals surface area contributed by atoms with Gasteiger partial charge in [0.1, 0.15) is 0 Å². The number of allylic oxidation sites excluding steroid dienone is 1. The van der Waals surface area contributed by atoms with E-state index in [9.17, 15) is 18.0 Å². The largest absolute Gasteiger partial charge is 0.469 e. The Balaban J connectivity index is 1.98. The lowest BCUT2D eigenvalue weighted by Crippen LogP contribution is -2.34. The van der Waals surface area contributed by atoms with Crippen molar-refractivity contribution >= 4 is 21.9 Å². The van der Waals surface area contributed by atoms with Gasteiger partial charge in [-0.2, -0.15) is 0 Å². The summed E-state index contributed by atoms with van der Waals surface area (Å²) in [6, 6.07) is 12.5. The van der Waals surface area contributed by atoms with Gasteiger partial charge in [-0.3, -0.25) is 9.59 Å². The van der Waals surface area contributed by atoms with E-state index in [2.05, 4.69) is 4.74 Å². The van der Waals surface area contributed by atoms with Gasteiger partial charge in [0.05, 0.1) is 18.0 Å². The highest BCUT2D eigenvalue weighted by atomic mass is 32.2. The summed E-state index contributed by atoms with van der Waals surface area (Å²) >= 11 is 0. The van der Waals surface area contributed by atoms with Crippen LogP contribution in [0, 0.1) is 6.92 Å². The average molecular weight is 399 g/mol. The lowest BCUT2D eigenvalue weighted by atomic mass is 10.0. The van der Waals surface area contributed by atoms with E-state index in [1.165, 1.54) is 19.2 Å². The first-order chi connectivity index (χ1) is 13.4. The van der Waals surface area contributed by atoms with E-state index < -0.39 is 22.0 Å². The van der Waals surface area contributed by atoms with Gasteiger partial charge >= 0.3 is 5.97 Å². The Morgan fingerprint density at radius 1 is 1.14 bits per heavy atom. The van der Waals surface area contributed by atoms with Gasteiger partial charge < -0.3 is 4.74 Å². The van der Waals surface area contributed by atoms with Gasteiger partial charge in [0.25, 0.3) is 15.9 Å². The summed E-state index contributed by atoms with van der Waals surface area (Å²) in [5, 5.41) is 0. The Bertz CT molecular complexity index is 1030. The van der Waals surface area contributed by atoms with E-state index in [0.29, 0.717) is 17.5 Å². The van der Waals surface area contributed by atoms with Crippen molar-refractivity contribution in [2.75, 3.05) is 7.11 Å². The number of hydrogen-bond acceptors (Lipinski definition) is 5. The molecule has 0 saturated carbocycles. The molecule has 6 nitrogen and oxygen atoms in total. The topological polar surface area (TPSA) is 80.8 Å². The Labute approximate surface area is 164 Å². The summed E-state index contributed by atoms with van der Waals surface area (Å²) in [5.74, 6) is -0.907. The van der Waals surface area contributed by atoms with E-state index in [1.807, 2.05) is 6.92 Å². The summed E-state index contributed by atoms with van der Waals surface area (Å²) in [6.45, 7) is 1.86. The van der Waals surface area contributed by atoms with E-state index in [-0.39, 0.29) is 17.3 Å². The molecule has 1 unspecified atom stereocenters. The van der Waals surface area contributed by atoms with Crippen LogP contribution in [0.25, 0.3) is 0 Å². The zero-order chi connectivity index (χ0) is 20.3. The lowest BCUT2D eigenvalue weighted by molar-refractivity contribution is -0.140. The predicted molar refractivity (Wildman–Crippen MR) is 104 cm³/mol. The molecule has 1 aliphatic rings. The number of benzene rings is 2. The first-order valence-corrected chi connectivity index (χ1v) is 10.3. The molecule has 28 heavy (non-hydrogen) atoms. The summed E-state index contributed by atoms with van der Waals surface area (Å²) in [4.78, 5) is 24.3. The van der Waals surface area contributed by atoms with Gasteiger partial charge in [-0.05, 0) is 37.1 Å². The molecule has 2 aromatic rings. The maximum atomic E-state index is 13.2. The molecule has 0 fully saturated rings. The number of nitrogens with zero attached hydrogens (tertiary/aromatic N) is 1. The predicted octanol–water partition coefficient (Wildman–Crippen LogP) is 3.39. The third-order valence-electron chi connectivity index (χ3n) is 4.60. The van der Waals surface area contributed by atoms with Crippen LogP contribution in [-0.4, -0.2) is 31.7 Å². The molecule has 7 heteroatoms. The standard InChI is InChI=1S/C21H21NO5S/c1-15-11-13-16(14-12-15)28(25,26)22-19(9-5-6-10-20(23)27-2)17-7-3-4-8-18(17)21(22)24/h3-5,7-9,11-14,19H,6,10H2,1-2H3/b9-5+. The average Bonchev–Trinajstić information content (AvgIpc) is 2.98. The fourth-order valence-corrected chi connectivity index (χ4v) is 4.62. The van der Waals surface area contributed by atoms with Crippen molar-refractivity contribution < 1.29 is 22.7 Å². The molecule has 1 aliphatic heterocycles. The molecule has 0 aliphatic carbocycles. The molecule has 0 N–H and O–H groups in total. The number of methoxy groups -OCH3 is 1. The van der Waals surface area contributed by atoms with Gasteiger partial charge in [0, 0.05) is 12.0 Å². The van der Waals surface area contributed by atoms with Crippen molar-refractivity contribution in [3.8, 4) is 0 Å². The molecule has 0 spiro atoms. The Kier molecular flexibility index (Phi) is 5.65. The van der Waals surface area contributed by atoms with Gasteiger partial charge in [-0.25, -0.2) is 12.7 Å². The Morgan fingerprint density at radius 2 is 1.82 bits per heavy atom. The second-order valence-electron chi connectivity index (χ2n) is 6.49. The monoisotopic (exact) mass is 399 g/mol. The number of fused-ring (bicyclic) bond motifs is 1. The van der Waals surface area contributed by atoms with Crippen LogP contribution in [0.5, 0.6) is 0 Å². The summed E-state index contributed by atoms with van der Waals surface area (Å²) in [7, 11) is -2.73. The minimum Gasteiger partial charge on any atom is -0.469 e. The van der Waals surface area contributed by atoms with Gasteiger partial charge in [-0.15, -0.1) is 0 Å². The molecule has 146 valence electrons. The summed E-state index contributed by atoms with van der Waals surface area (Å²) in [5.41, 5.74) is 1.91. The quantitative estimate of drug-likeness (QED) is 0.549. The number of carbonyl (C=O) groups is 2. The molecule has 0 radical (unpaired) electrons. The number of aryl methyl sites for hydroxylation is 1. The van der Waals surface area contributed by atoms with E-state index in [1.54, 1.807) is 48.6 Å². The maximum absolute atomic E-state index is 13.2. The molecule has 0 saturated heterocycles. The van der Waals surface area contributed by atoms with Gasteiger partial charge in [-0.1, -0.05) is 48.0 Å². The zero-order valence-electron chi connectivity index (χ0n) is 15.7. The molecule has 1 atom stereocenters. The number of rotatable bonds is 6. The number of sulfonamides is 1. The molecule has 0 bridgehead atoms. The van der Waals surface area contributed by atoms with E-state index in [0.717, 1.165) is 9.87 Å². The van der Waals surface area contributed by atoms with Crippen LogP contribution in [0.1, 0.15) is 40.4 Å². The number of ether oxygens (including phenoxy) is 1. The number of esters is 1. The third kappa shape index (κ3) is 3.71. The highest BCUT2D eigenvalue weighted by Gasteiger charge is 2.43. The smallest absolute Gasteiger partial charge is 0.305 e. The fraction of sp³-hybridized carbons (Fsp3) is 0.238. The van der Waals surface area contributed by atoms with Crippen molar-refractivity contribution in [2.24, 2.45) is 0 Å². The number of hydrogen-bond donors (Lipinski definition) is 0. The first-order valence-electron chi connectivity index (χ1n) is 8.84. The Morgan fingerprint density at radius 3 is 2.50 bits per heavy atom. The van der Waals surface area contributed by atoms with E-state index in [4.69, 9.17) is 0 Å². The third-order valence-corrected chi connectivity index (χ3v) is 6.38. The molecular formula is C21H21NO5S. The summed E-state index contributed by atoms with van der Waals surface area (Å²) < 4.78 is 32.0. The zero-order valence-corrected chi connectivity index (χ0v) is 16.5. The molecule has 2 aromatic carbocycles. The molecule has 1 heterocycles. The van der Waals surface area contributed by atoms with Gasteiger partial charge in [0.15, 0.2) is 0 Å². The first kappa shape index (κ1) is 19.8. The number of carbonyl (C=O) groups excluding carboxylic acids is 2. The normalized spacial score (nSPS) is 16.4. The van der Waals surface area contributed by atoms with Crippen molar-refractivity contribution in [2.45, 2.75) is 30.7 Å². The Hall–Kier alpha value is -2.93. The van der Waals surface area contributed by atoms with Crippen LogP contribution in [0.2, 0.25) is 0 Å². The van der Waals surface area contributed by atoms with Crippen LogP contribution in [0.4, 0.5) is 0 Å². The highest BCUT2D eigenvalue weighted by Crippen LogP contribution is 2.38. The van der Waals surface area contributed by atoms with Crippen LogP contribution in [0.3, 0.4) is 0 Å². The summed E-state index contributed by atoms with van der Waals surface area (Å²) in [6.07, 6.45) is 3.92. The number of amides is 1. The van der Waals surface area contributed by atoms with Crippen LogP contribution in [-0.2, 0) is 19.6 Å². The van der Waals surface area contributed by atoms with Crippen LogP contribution < -0.4 is 0 Å². The second-order valence-corrected chi connectivity index (χ2v) is 8.31. The van der Waals surface area contributed by atoms with Crippen molar-refractivity contribution in [1.29, 1.82) is 0 Å². The van der Waals surface area contributed by atoms with E-state index >= 15 is 0 Å². The van der Waals surface area contributed by atoms with Crippen molar-refractivity contribution in [1.82, 2.24) is 4.31 Å². The minimum absolute atomic E-state index is 0.0622. The molecule has 1 amide bonds. The van der Waals surface area contributed by atoms with Crippen molar-refractivity contribution in [3.05, 3.63) is 77.4 Å². The molecule has 0 aromatic heterocycles. The highest BCUT2D eigenvalue weighted by molar-refractivity contribution is 7.89. The maximum Gasteiger partial charge on any atom is 0.305 e. The SMILES string of the molecule is COC(=O)CC/C=C/C1c2ccccc2C(=O)N1S(=O)(=O)c1ccc(C)cc1.